The summed E-state index contributed by atoms with van der Waals surface area (Å²) < 4.78 is 0. The van der Waals surface area contributed by atoms with Crippen LogP contribution in [0, 0.1) is 17.8 Å². The predicted octanol–water partition coefficient (Wildman–Crippen LogP) is 1.98. The van der Waals surface area contributed by atoms with Crippen LogP contribution in [0.25, 0.3) is 0 Å². The Kier molecular flexibility index (Phi) is 2.48. The van der Waals surface area contributed by atoms with Crippen molar-refractivity contribution in [2.75, 3.05) is 13.1 Å². The van der Waals surface area contributed by atoms with Crippen molar-refractivity contribution in [3.8, 4) is 0 Å². The molecule has 106 valence electrons. The van der Waals surface area contributed by atoms with Gasteiger partial charge in [-0.3, -0.25) is 9.69 Å². The molecule has 1 unspecified atom stereocenters. The zero-order valence-electron chi connectivity index (χ0n) is 11.9. The zero-order chi connectivity index (χ0) is 13.3. The van der Waals surface area contributed by atoms with Crippen molar-refractivity contribution in [1.29, 1.82) is 0 Å². The predicted molar refractivity (Wildman–Crippen MR) is 72.7 cm³/mol. The Morgan fingerprint density at radius 2 is 2.11 bits per heavy atom. The molecular formula is C16H25NO2. The minimum Gasteiger partial charge on any atom is -0.388 e. The largest absolute Gasteiger partial charge is 0.388 e. The second-order valence-electron chi connectivity index (χ2n) is 7.55. The van der Waals surface area contributed by atoms with E-state index in [2.05, 4.69) is 11.8 Å². The van der Waals surface area contributed by atoms with Crippen molar-refractivity contribution in [2.24, 2.45) is 17.8 Å². The summed E-state index contributed by atoms with van der Waals surface area (Å²) in [6.07, 6.45) is 6.89. The van der Waals surface area contributed by atoms with Crippen LogP contribution in [0.15, 0.2) is 0 Å². The van der Waals surface area contributed by atoms with Gasteiger partial charge in [0, 0.05) is 12.3 Å². The van der Waals surface area contributed by atoms with E-state index in [1.807, 2.05) is 0 Å². The number of ketones is 1. The maximum Gasteiger partial charge on any atom is 0.138 e. The molecule has 4 fully saturated rings. The molecule has 5 atom stereocenters. The highest BCUT2D eigenvalue weighted by Gasteiger charge is 2.69. The van der Waals surface area contributed by atoms with E-state index in [1.165, 1.54) is 0 Å². The molecular weight excluding hydrogens is 238 g/mol. The molecule has 0 aromatic carbocycles. The highest BCUT2D eigenvalue weighted by atomic mass is 16.3. The minimum absolute atomic E-state index is 0.116. The van der Waals surface area contributed by atoms with E-state index in [-0.39, 0.29) is 17.4 Å². The maximum atomic E-state index is 12.6. The quantitative estimate of drug-likeness (QED) is 0.726. The molecule has 1 N–H and O–H groups in total. The Morgan fingerprint density at radius 1 is 1.32 bits per heavy atom. The number of hydrogen-bond donors (Lipinski definition) is 1. The van der Waals surface area contributed by atoms with Crippen molar-refractivity contribution in [3.63, 3.8) is 0 Å². The average molecular weight is 263 g/mol. The highest BCUT2D eigenvalue weighted by Crippen LogP contribution is 2.61. The van der Waals surface area contributed by atoms with Crippen molar-refractivity contribution >= 4 is 5.78 Å². The van der Waals surface area contributed by atoms with E-state index in [0.717, 1.165) is 51.6 Å². The molecule has 0 radical (unpaired) electrons. The zero-order valence-corrected chi connectivity index (χ0v) is 11.9. The molecule has 2 heterocycles. The van der Waals surface area contributed by atoms with Crippen molar-refractivity contribution < 1.29 is 9.90 Å². The van der Waals surface area contributed by atoms with Crippen molar-refractivity contribution in [2.45, 2.75) is 63.0 Å². The molecule has 0 aromatic rings. The van der Waals surface area contributed by atoms with Crippen LogP contribution in [0.4, 0.5) is 0 Å². The van der Waals surface area contributed by atoms with E-state index in [4.69, 9.17) is 0 Å². The lowest BCUT2D eigenvalue weighted by Crippen LogP contribution is -2.79. The third-order valence-electron chi connectivity index (χ3n) is 6.66. The van der Waals surface area contributed by atoms with Gasteiger partial charge in [-0.1, -0.05) is 6.92 Å². The molecule has 2 aliphatic heterocycles. The van der Waals surface area contributed by atoms with Crippen LogP contribution in [0.2, 0.25) is 0 Å². The van der Waals surface area contributed by atoms with Crippen LogP contribution in [0.1, 0.15) is 51.9 Å². The van der Waals surface area contributed by atoms with Gasteiger partial charge in [-0.05, 0) is 63.5 Å². The Balaban J connectivity index is 1.89. The molecule has 3 heteroatoms. The van der Waals surface area contributed by atoms with Gasteiger partial charge in [-0.2, -0.15) is 0 Å². The third kappa shape index (κ3) is 1.33. The van der Waals surface area contributed by atoms with Gasteiger partial charge < -0.3 is 5.11 Å². The number of carbonyl (C=O) groups excluding carboxylic acids is 1. The number of Topliss-reactive ketones (excluding diaryl/α,β-unsaturated/α-hetero) is 1. The molecule has 0 amide bonds. The number of piperidine rings is 2. The molecule has 3 nitrogen and oxygen atoms in total. The van der Waals surface area contributed by atoms with E-state index >= 15 is 0 Å². The van der Waals surface area contributed by atoms with Crippen LogP contribution in [0.3, 0.4) is 0 Å². The fourth-order valence-electron chi connectivity index (χ4n) is 6.15. The summed E-state index contributed by atoms with van der Waals surface area (Å²) in [7, 11) is 0. The van der Waals surface area contributed by atoms with Gasteiger partial charge in [0.1, 0.15) is 5.78 Å². The fraction of sp³-hybridized carbons (Fsp3) is 0.938. The van der Waals surface area contributed by atoms with Crippen LogP contribution < -0.4 is 0 Å². The molecule has 19 heavy (non-hydrogen) atoms. The lowest BCUT2D eigenvalue weighted by Gasteiger charge is -2.69. The molecule has 0 aromatic heterocycles. The van der Waals surface area contributed by atoms with Gasteiger partial charge in [0.2, 0.25) is 0 Å². The van der Waals surface area contributed by atoms with E-state index in [9.17, 15) is 9.90 Å². The second-order valence-corrected chi connectivity index (χ2v) is 7.55. The van der Waals surface area contributed by atoms with Crippen LogP contribution >= 0.6 is 0 Å². The number of nitrogens with zero attached hydrogens (tertiary/aromatic N) is 1. The van der Waals surface area contributed by atoms with Gasteiger partial charge in [0.25, 0.3) is 0 Å². The lowest BCUT2D eigenvalue weighted by molar-refractivity contribution is -0.249. The summed E-state index contributed by atoms with van der Waals surface area (Å²) in [6.45, 7) is 4.49. The molecule has 2 aliphatic carbocycles. The summed E-state index contributed by atoms with van der Waals surface area (Å²) in [5, 5.41) is 11.5. The van der Waals surface area contributed by atoms with Gasteiger partial charge >= 0.3 is 0 Å². The number of aliphatic hydroxyl groups is 1. The smallest absolute Gasteiger partial charge is 0.138 e. The van der Waals surface area contributed by atoms with Crippen molar-refractivity contribution in [3.05, 3.63) is 0 Å². The summed E-state index contributed by atoms with van der Waals surface area (Å²) in [5.74, 6) is 1.44. The van der Waals surface area contributed by atoms with Crippen LogP contribution in [0.5, 0.6) is 0 Å². The summed E-state index contributed by atoms with van der Waals surface area (Å²) in [6, 6.07) is 0. The average Bonchev–Trinajstić information content (AvgIpc) is 2.35. The summed E-state index contributed by atoms with van der Waals surface area (Å²) >= 11 is 0. The lowest BCUT2D eigenvalue weighted by atomic mass is 9.46. The molecule has 2 saturated carbocycles. The standard InChI is InChI=1S/C16H25NO2/c1-11-8-12-9-14(18)13-4-2-6-17-7-3-5-16(12,19)15(13,17)10-11/h11-13,19H,2-10H2,1H3/t11?,12-,13+,15-,16+/m0/s1. The summed E-state index contributed by atoms with van der Waals surface area (Å²) in [4.78, 5) is 15.1. The van der Waals surface area contributed by atoms with Crippen LogP contribution in [-0.4, -0.2) is 40.0 Å². The Hall–Kier alpha value is -0.410. The maximum absolute atomic E-state index is 12.6. The minimum atomic E-state index is -0.573. The number of carbonyl (C=O) groups is 1. The van der Waals surface area contributed by atoms with E-state index in [1.54, 1.807) is 0 Å². The first-order valence-electron chi connectivity index (χ1n) is 8.08. The Morgan fingerprint density at radius 3 is 2.95 bits per heavy atom. The van der Waals surface area contributed by atoms with E-state index in [0.29, 0.717) is 18.1 Å². The normalized spacial score (nSPS) is 53.8. The highest BCUT2D eigenvalue weighted by molar-refractivity contribution is 5.85. The third-order valence-corrected chi connectivity index (χ3v) is 6.66. The van der Waals surface area contributed by atoms with Crippen LogP contribution in [-0.2, 0) is 4.79 Å². The Bertz CT molecular complexity index is 421. The molecule has 1 spiro atoms. The van der Waals surface area contributed by atoms with Gasteiger partial charge in [0.05, 0.1) is 11.1 Å². The number of rotatable bonds is 0. The molecule has 2 saturated heterocycles. The molecule has 2 bridgehead atoms. The molecule has 4 rings (SSSR count). The number of hydrogen-bond acceptors (Lipinski definition) is 3. The van der Waals surface area contributed by atoms with E-state index < -0.39 is 5.60 Å². The topological polar surface area (TPSA) is 40.5 Å². The first kappa shape index (κ1) is 12.3. The fourth-order valence-corrected chi connectivity index (χ4v) is 6.15. The summed E-state index contributed by atoms with van der Waals surface area (Å²) in [5.41, 5.74) is -0.766. The first-order chi connectivity index (χ1) is 9.08. The van der Waals surface area contributed by atoms with Gasteiger partial charge in [-0.15, -0.1) is 0 Å². The first-order valence-corrected chi connectivity index (χ1v) is 8.08. The van der Waals surface area contributed by atoms with Crippen molar-refractivity contribution in [1.82, 2.24) is 4.90 Å². The van der Waals surface area contributed by atoms with Gasteiger partial charge in [-0.25, -0.2) is 0 Å². The second kappa shape index (κ2) is 3.82. The Labute approximate surface area is 115 Å². The molecule has 4 aliphatic rings. The van der Waals surface area contributed by atoms with Gasteiger partial charge in [0.15, 0.2) is 0 Å². The monoisotopic (exact) mass is 263 g/mol. The SMILES string of the molecule is CC1C[C@H]2CC(=O)[C@H]3CCCN4CCC[C@]2(O)[C@]34C1.